The highest BCUT2D eigenvalue weighted by Gasteiger charge is 2.43. The number of imide groups is 1. The quantitative estimate of drug-likeness (QED) is 0.655. The maximum Gasteiger partial charge on any atom is 0.282 e. The zero-order valence-electron chi connectivity index (χ0n) is 19.5. The molecular weight excluding hydrogens is 418 g/mol. The lowest BCUT2D eigenvalue weighted by atomic mass is 9.99. The molecule has 174 valence electrons. The summed E-state index contributed by atoms with van der Waals surface area (Å²) in [6.07, 6.45) is 0. The van der Waals surface area contributed by atoms with Crippen molar-refractivity contribution < 1.29 is 19.4 Å². The number of piperazine rings is 1. The van der Waals surface area contributed by atoms with Gasteiger partial charge in [-0.25, -0.2) is 4.90 Å². The number of benzene rings is 2. The molecule has 2 aromatic rings. The van der Waals surface area contributed by atoms with Gasteiger partial charge in [0.1, 0.15) is 11.4 Å². The lowest BCUT2D eigenvalue weighted by Gasteiger charge is -2.36. The van der Waals surface area contributed by atoms with Gasteiger partial charge in [0.2, 0.25) is 0 Å². The molecule has 1 saturated heterocycles. The number of ether oxygens (including phenoxy) is 1. The Hall–Kier alpha value is -3.16. The highest BCUT2D eigenvalue weighted by atomic mass is 16.5. The van der Waals surface area contributed by atoms with Crippen molar-refractivity contribution >= 4 is 23.1 Å². The van der Waals surface area contributed by atoms with Crippen LogP contribution in [0.25, 0.3) is 5.57 Å². The average molecular weight is 450 g/mol. The van der Waals surface area contributed by atoms with Crippen molar-refractivity contribution in [2.75, 3.05) is 50.8 Å². The number of carbonyl (C=O) groups excluding carboxylic acids is 2. The third-order valence-corrected chi connectivity index (χ3v) is 6.37. The summed E-state index contributed by atoms with van der Waals surface area (Å²) in [5, 5.41) is 9.25. The van der Waals surface area contributed by atoms with Crippen LogP contribution in [0.1, 0.15) is 23.6 Å². The highest BCUT2D eigenvalue weighted by molar-refractivity contribution is 6.45. The van der Waals surface area contributed by atoms with Gasteiger partial charge in [-0.2, -0.15) is 0 Å². The van der Waals surface area contributed by atoms with Crippen molar-refractivity contribution in [3.63, 3.8) is 0 Å². The number of aliphatic hydroxyl groups is 1. The Morgan fingerprint density at radius 1 is 0.909 bits per heavy atom. The van der Waals surface area contributed by atoms with E-state index < -0.39 is 0 Å². The Bertz CT molecular complexity index is 1070. The number of aliphatic hydroxyl groups excluding tert-OH is 1. The number of amides is 2. The molecule has 0 aromatic heterocycles. The maximum atomic E-state index is 13.7. The van der Waals surface area contributed by atoms with E-state index in [9.17, 15) is 14.7 Å². The first-order valence-corrected chi connectivity index (χ1v) is 11.5. The number of rotatable bonds is 7. The summed E-state index contributed by atoms with van der Waals surface area (Å²) in [4.78, 5) is 32.8. The summed E-state index contributed by atoms with van der Waals surface area (Å²) >= 11 is 0. The molecule has 2 aromatic carbocycles. The van der Waals surface area contributed by atoms with Gasteiger partial charge in [0.25, 0.3) is 11.8 Å². The predicted octanol–water partition coefficient (Wildman–Crippen LogP) is 2.60. The van der Waals surface area contributed by atoms with Crippen LogP contribution in [0, 0.1) is 13.8 Å². The fourth-order valence-corrected chi connectivity index (χ4v) is 4.40. The minimum absolute atomic E-state index is 0.111. The summed E-state index contributed by atoms with van der Waals surface area (Å²) in [5.74, 6) is 0.0936. The molecule has 7 heteroatoms. The molecule has 2 heterocycles. The number of hydrogen-bond acceptors (Lipinski definition) is 6. The van der Waals surface area contributed by atoms with Crippen molar-refractivity contribution in [2.45, 2.75) is 20.8 Å². The molecule has 0 radical (unpaired) electrons. The zero-order chi connectivity index (χ0) is 23.5. The van der Waals surface area contributed by atoms with Gasteiger partial charge in [-0.05, 0) is 61.7 Å². The normalized spacial score (nSPS) is 17.3. The van der Waals surface area contributed by atoms with E-state index in [-0.39, 0.29) is 18.4 Å². The van der Waals surface area contributed by atoms with E-state index in [0.717, 1.165) is 29.8 Å². The van der Waals surface area contributed by atoms with Crippen LogP contribution in [0.3, 0.4) is 0 Å². The summed E-state index contributed by atoms with van der Waals surface area (Å²) < 4.78 is 5.51. The topological polar surface area (TPSA) is 73.3 Å². The van der Waals surface area contributed by atoms with Crippen LogP contribution < -0.4 is 9.64 Å². The second kappa shape index (κ2) is 9.77. The molecule has 1 N–H and O–H groups in total. The molecular formula is C26H31N3O4. The molecule has 2 amide bonds. The molecule has 0 spiro atoms. The van der Waals surface area contributed by atoms with E-state index >= 15 is 0 Å². The van der Waals surface area contributed by atoms with Gasteiger partial charge in [-0.1, -0.05) is 18.2 Å². The van der Waals surface area contributed by atoms with Crippen molar-refractivity contribution in [3.05, 3.63) is 64.9 Å². The average Bonchev–Trinajstić information content (AvgIpc) is 3.07. The van der Waals surface area contributed by atoms with Gasteiger partial charge < -0.3 is 14.7 Å². The molecule has 1 fully saturated rings. The SMILES string of the molecule is CCOc1ccc(N2C(=O)C(c3ccc(C)c(C)c3)=C(N3CCN(CCO)CC3)C2=O)cc1. The Balaban J connectivity index is 1.72. The van der Waals surface area contributed by atoms with Gasteiger partial charge in [-0.3, -0.25) is 14.5 Å². The number of β-amino-alcohol motifs (C(OH)–C–C–N with tert-alkyl or cyclic N) is 1. The second-order valence-electron chi connectivity index (χ2n) is 8.45. The Morgan fingerprint density at radius 2 is 1.61 bits per heavy atom. The standard InChI is InChI=1S/C26H31N3O4/c1-4-33-22-9-7-21(8-10-22)29-25(31)23(20-6-5-18(2)19(3)17-20)24(26(29)32)28-13-11-27(12-14-28)15-16-30/h5-10,17,30H,4,11-16H2,1-3H3. The Morgan fingerprint density at radius 3 is 2.21 bits per heavy atom. The number of nitrogens with zero attached hydrogens (tertiary/aromatic N) is 3. The van der Waals surface area contributed by atoms with Crippen molar-refractivity contribution in [1.29, 1.82) is 0 Å². The van der Waals surface area contributed by atoms with Crippen LogP contribution in [-0.4, -0.2) is 72.7 Å². The minimum Gasteiger partial charge on any atom is -0.494 e. The molecule has 0 aliphatic carbocycles. The van der Waals surface area contributed by atoms with E-state index in [1.54, 1.807) is 24.3 Å². The fraction of sp³-hybridized carbons (Fsp3) is 0.385. The van der Waals surface area contributed by atoms with Crippen molar-refractivity contribution in [2.24, 2.45) is 0 Å². The molecule has 0 saturated carbocycles. The summed E-state index contributed by atoms with van der Waals surface area (Å²) in [5.41, 5.74) is 4.42. The first-order valence-electron chi connectivity index (χ1n) is 11.5. The minimum atomic E-state index is -0.305. The largest absolute Gasteiger partial charge is 0.494 e. The molecule has 2 aliphatic rings. The van der Waals surface area contributed by atoms with Crippen LogP contribution in [0.4, 0.5) is 5.69 Å². The first kappa shape index (κ1) is 23.0. The van der Waals surface area contributed by atoms with Gasteiger partial charge >= 0.3 is 0 Å². The monoisotopic (exact) mass is 449 g/mol. The molecule has 0 unspecified atom stereocenters. The first-order chi connectivity index (χ1) is 15.9. The number of aryl methyl sites for hydroxylation is 2. The van der Waals surface area contributed by atoms with E-state index in [2.05, 4.69) is 4.90 Å². The number of anilines is 1. The molecule has 0 bridgehead atoms. The lowest BCUT2D eigenvalue weighted by molar-refractivity contribution is -0.120. The van der Waals surface area contributed by atoms with E-state index in [0.29, 0.717) is 48.9 Å². The van der Waals surface area contributed by atoms with Gasteiger partial charge in [-0.15, -0.1) is 0 Å². The number of carbonyl (C=O) groups is 2. The van der Waals surface area contributed by atoms with Crippen molar-refractivity contribution in [3.8, 4) is 5.75 Å². The van der Waals surface area contributed by atoms with Gasteiger partial charge in [0, 0.05) is 32.7 Å². The third kappa shape index (κ3) is 4.51. The van der Waals surface area contributed by atoms with Crippen LogP contribution in [0.5, 0.6) is 5.75 Å². The fourth-order valence-electron chi connectivity index (χ4n) is 4.40. The van der Waals surface area contributed by atoms with Crippen LogP contribution >= 0.6 is 0 Å². The van der Waals surface area contributed by atoms with E-state index in [1.165, 1.54) is 4.90 Å². The van der Waals surface area contributed by atoms with Crippen LogP contribution in [-0.2, 0) is 9.59 Å². The summed E-state index contributed by atoms with van der Waals surface area (Å²) in [6.45, 7) is 9.94. The number of hydrogen-bond donors (Lipinski definition) is 1. The highest BCUT2D eigenvalue weighted by Crippen LogP contribution is 2.36. The second-order valence-corrected chi connectivity index (χ2v) is 8.45. The summed E-state index contributed by atoms with van der Waals surface area (Å²) in [7, 11) is 0. The molecule has 7 nitrogen and oxygen atoms in total. The lowest BCUT2D eigenvalue weighted by Crippen LogP contribution is -2.48. The maximum absolute atomic E-state index is 13.7. The molecule has 33 heavy (non-hydrogen) atoms. The predicted molar refractivity (Wildman–Crippen MR) is 128 cm³/mol. The third-order valence-electron chi connectivity index (χ3n) is 6.37. The van der Waals surface area contributed by atoms with E-state index in [4.69, 9.17) is 4.74 Å². The van der Waals surface area contributed by atoms with Crippen molar-refractivity contribution in [1.82, 2.24) is 9.80 Å². The zero-order valence-corrected chi connectivity index (χ0v) is 19.5. The van der Waals surface area contributed by atoms with Gasteiger partial charge in [0.15, 0.2) is 0 Å². The van der Waals surface area contributed by atoms with E-state index in [1.807, 2.05) is 43.9 Å². The van der Waals surface area contributed by atoms with Gasteiger partial charge in [0.05, 0.1) is 24.5 Å². The van der Waals surface area contributed by atoms with Crippen LogP contribution in [0.15, 0.2) is 48.2 Å². The molecule has 0 atom stereocenters. The Labute approximate surface area is 194 Å². The van der Waals surface area contributed by atoms with Crippen LogP contribution in [0.2, 0.25) is 0 Å². The smallest absolute Gasteiger partial charge is 0.282 e. The summed E-state index contributed by atoms with van der Waals surface area (Å²) in [6, 6.07) is 13.0. The molecule has 4 rings (SSSR count). The molecule has 2 aliphatic heterocycles. The Kier molecular flexibility index (Phi) is 6.81.